The number of rotatable bonds is 6. The minimum Gasteiger partial charge on any atom is -1.00 e. The Labute approximate surface area is 288 Å². The van der Waals surface area contributed by atoms with Gasteiger partial charge in [-0.25, -0.2) is 23.3 Å². The van der Waals surface area contributed by atoms with Crippen molar-refractivity contribution >= 4 is 0 Å². The Morgan fingerprint density at radius 1 is 0.610 bits per heavy atom. The molecule has 0 saturated heterocycles. The molecule has 41 heavy (non-hydrogen) atoms. The van der Waals surface area contributed by atoms with Crippen LogP contribution in [0.4, 0.5) is 0 Å². The maximum Gasteiger partial charge on any atom is 4.00 e. The zero-order valence-electron chi connectivity index (χ0n) is 28.8. The van der Waals surface area contributed by atoms with Crippen LogP contribution in [-0.2, 0) is 26.2 Å². The van der Waals surface area contributed by atoms with Gasteiger partial charge in [0.15, 0.2) is 0 Å². The molecule has 0 bridgehead atoms. The summed E-state index contributed by atoms with van der Waals surface area (Å²) < 4.78 is 0. The van der Waals surface area contributed by atoms with Crippen molar-refractivity contribution in [2.75, 3.05) is 0 Å². The van der Waals surface area contributed by atoms with Crippen LogP contribution in [0.2, 0.25) is 0 Å². The molecule has 3 heteroatoms. The fraction of sp³-hybridized carbons (Fsp3) is 0.789. The first-order valence-corrected chi connectivity index (χ1v) is 16.0. The molecule has 2 saturated carbocycles. The van der Waals surface area contributed by atoms with Crippen LogP contribution in [0.25, 0.3) is 0 Å². The van der Waals surface area contributed by atoms with Crippen LogP contribution < -0.4 is 24.8 Å². The summed E-state index contributed by atoms with van der Waals surface area (Å²) in [6.07, 6.45) is 29.2. The van der Waals surface area contributed by atoms with E-state index in [-0.39, 0.29) is 51.0 Å². The van der Waals surface area contributed by atoms with Crippen LogP contribution in [0.3, 0.4) is 0 Å². The van der Waals surface area contributed by atoms with Gasteiger partial charge in [-0.15, -0.1) is 12.8 Å². The number of halogens is 2. The molecule has 0 aliphatic heterocycles. The molecule has 0 spiro atoms. The maximum atomic E-state index is 3.59. The molecule has 2 fully saturated rings. The van der Waals surface area contributed by atoms with E-state index in [1.54, 1.807) is 0 Å². The average molecular weight is 681 g/mol. The Hall–Kier alpha value is 0.423. The second kappa shape index (κ2) is 15.1. The molecule has 0 nitrogen and oxygen atoms in total. The summed E-state index contributed by atoms with van der Waals surface area (Å²) in [5.74, 6) is 1.47. The largest absolute Gasteiger partial charge is 4.00 e. The number of hydrogen-bond acceptors (Lipinski definition) is 0. The van der Waals surface area contributed by atoms with Crippen molar-refractivity contribution in [1.82, 2.24) is 0 Å². The van der Waals surface area contributed by atoms with Crippen molar-refractivity contribution in [1.29, 1.82) is 0 Å². The van der Waals surface area contributed by atoms with Gasteiger partial charge in [0.2, 0.25) is 0 Å². The molecule has 0 radical (unpaired) electrons. The zero-order chi connectivity index (χ0) is 28.6. The van der Waals surface area contributed by atoms with E-state index in [9.17, 15) is 0 Å². The molecule has 0 aromatic rings. The Kier molecular flexibility index (Phi) is 15.3. The van der Waals surface area contributed by atoms with E-state index in [1.165, 1.54) is 62.5 Å². The monoisotopic (exact) mass is 678 g/mol. The van der Waals surface area contributed by atoms with E-state index in [0.717, 1.165) is 24.7 Å². The predicted molar refractivity (Wildman–Crippen MR) is 168 cm³/mol. The van der Waals surface area contributed by atoms with E-state index in [0.29, 0.717) is 32.5 Å². The maximum absolute atomic E-state index is 3.59. The van der Waals surface area contributed by atoms with Crippen LogP contribution in [0.15, 0.2) is 35.5 Å². The van der Waals surface area contributed by atoms with E-state index in [2.05, 4.69) is 120 Å². The normalized spacial score (nSPS) is 33.2. The first-order valence-electron chi connectivity index (χ1n) is 16.0. The zero-order valence-corrected chi connectivity index (χ0v) is 32.8. The smallest absolute Gasteiger partial charge is 1.00 e. The third kappa shape index (κ3) is 8.37. The van der Waals surface area contributed by atoms with Gasteiger partial charge in [-0.3, -0.25) is 12.2 Å². The van der Waals surface area contributed by atoms with Gasteiger partial charge >= 0.3 is 26.2 Å². The predicted octanol–water partition coefficient (Wildman–Crippen LogP) is 5.89. The Bertz CT molecular complexity index is 889. The first-order chi connectivity index (χ1) is 17.4. The van der Waals surface area contributed by atoms with Crippen molar-refractivity contribution in [3.8, 4) is 0 Å². The summed E-state index contributed by atoms with van der Waals surface area (Å²) in [6, 6.07) is 0. The fourth-order valence-electron chi connectivity index (χ4n) is 8.41. The Morgan fingerprint density at radius 2 is 0.927 bits per heavy atom. The van der Waals surface area contributed by atoms with Gasteiger partial charge in [-0.05, 0) is 82.9 Å². The van der Waals surface area contributed by atoms with Gasteiger partial charge in [0.25, 0.3) is 0 Å². The quantitative estimate of drug-likeness (QED) is 0.307. The van der Waals surface area contributed by atoms with Gasteiger partial charge in [0.05, 0.1) is 0 Å². The van der Waals surface area contributed by atoms with Crippen LogP contribution in [-0.4, -0.2) is 0 Å². The average Bonchev–Trinajstić information content (AvgIpc) is 3.54. The second-order valence-corrected chi connectivity index (χ2v) is 16.4. The molecule has 0 amide bonds. The van der Waals surface area contributed by atoms with E-state index in [1.807, 2.05) is 0 Å². The molecule has 4 unspecified atom stereocenters. The summed E-state index contributed by atoms with van der Waals surface area (Å²) in [6.45, 7) is 29.5. The fourth-order valence-corrected chi connectivity index (χ4v) is 8.41. The number of hydrogen-bond donors (Lipinski definition) is 0. The molecule has 0 aromatic heterocycles. The van der Waals surface area contributed by atoms with Crippen molar-refractivity contribution in [2.24, 2.45) is 44.3 Å². The summed E-state index contributed by atoms with van der Waals surface area (Å²) in [7, 11) is 0. The molecule has 4 aliphatic rings. The van der Waals surface area contributed by atoms with Crippen molar-refractivity contribution in [3.05, 3.63) is 47.6 Å². The molecule has 232 valence electrons. The van der Waals surface area contributed by atoms with Crippen LogP contribution in [0.5, 0.6) is 0 Å². The molecule has 4 atom stereocenters. The molecule has 4 aliphatic carbocycles. The second-order valence-electron chi connectivity index (χ2n) is 16.4. The standard InChI is InChI=1S/2C19H31.2ClH.Zr/c2*1-15(2)17(3,4)19(6)13-9-12-18(5,14-19)16-10-7-8-11-16;;;/h2*7,10,15H,8-9,12-14H2,1-6H3;2*1H;/q2*-1;;;+4/p-2. The van der Waals surface area contributed by atoms with Crippen molar-refractivity contribution < 1.29 is 51.0 Å². The Balaban J connectivity index is 0.000000727. The van der Waals surface area contributed by atoms with Gasteiger partial charge in [0.1, 0.15) is 0 Å². The number of allylic oxidation sites excluding steroid dienone is 8. The third-order valence-electron chi connectivity index (χ3n) is 13.2. The van der Waals surface area contributed by atoms with Crippen molar-refractivity contribution in [3.63, 3.8) is 0 Å². The summed E-state index contributed by atoms with van der Waals surface area (Å²) >= 11 is 0. The Morgan fingerprint density at radius 3 is 1.17 bits per heavy atom. The topological polar surface area (TPSA) is 0 Å². The molecular formula is C38H62Cl2Zr. The summed E-state index contributed by atoms with van der Waals surface area (Å²) in [5, 5.41) is 0. The molecular weight excluding hydrogens is 619 g/mol. The van der Waals surface area contributed by atoms with Crippen LogP contribution in [0.1, 0.15) is 147 Å². The van der Waals surface area contributed by atoms with Crippen LogP contribution in [0, 0.1) is 56.5 Å². The third-order valence-corrected chi connectivity index (χ3v) is 13.2. The van der Waals surface area contributed by atoms with E-state index in [4.69, 9.17) is 0 Å². The van der Waals surface area contributed by atoms with E-state index >= 15 is 0 Å². The summed E-state index contributed by atoms with van der Waals surface area (Å²) in [4.78, 5) is 0. The molecule has 4 rings (SSSR count). The van der Waals surface area contributed by atoms with Crippen molar-refractivity contribution in [2.45, 2.75) is 147 Å². The van der Waals surface area contributed by atoms with E-state index < -0.39 is 0 Å². The van der Waals surface area contributed by atoms with Gasteiger partial charge < -0.3 is 24.8 Å². The summed E-state index contributed by atoms with van der Waals surface area (Å²) in [5.41, 5.74) is 5.36. The SMILES string of the molecule is CC(C)C(C)(C)C1(C)CCCC(C)(C2=[C-]CC=C2)C1.CC(C)C(C)(C)C1(C)CCCC(C)(C2=[C-]CC=C2)C1.[Cl-].[Cl-].[Zr+4]. The minimum absolute atomic E-state index is 0. The molecule has 0 heterocycles. The van der Waals surface area contributed by atoms with Gasteiger partial charge in [-0.1, -0.05) is 95.9 Å². The van der Waals surface area contributed by atoms with Gasteiger partial charge in [-0.2, -0.15) is 12.2 Å². The van der Waals surface area contributed by atoms with Gasteiger partial charge in [0, 0.05) is 0 Å². The minimum atomic E-state index is 0. The molecule has 0 aromatic carbocycles. The molecule has 0 N–H and O–H groups in total. The first kappa shape index (κ1) is 41.4. The van der Waals surface area contributed by atoms with Crippen LogP contribution >= 0.6 is 0 Å².